The van der Waals surface area contributed by atoms with E-state index < -0.39 is 0 Å². The molecule has 0 spiro atoms. The molecule has 0 aliphatic carbocycles. The van der Waals surface area contributed by atoms with Gasteiger partial charge in [0.1, 0.15) is 11.6 Å². The first kappa shape index (κ1) is 23.0. The molecule has 1 amide bonds. The van der Waals surface area contributed by atoms with Gasteiger partial charge in [-0.15, -0.1) is 0 Å². The van der Waals surface area contributed by atoms with Crippen LogP contribution in [-0.4, -0.2) is 54.5 Å². The number of piperazine rings is 1. The van der Waals surface area contributed by atoms with Gasteiger partial charge in [-0.3, -0.25) is 9.69 Å². The minimum atomic E-state index is -0.354. The molecule has 2 aromatic carbocycles. The molecule has 1 N–H and O–H groups in total. The molecule has 7 nitrogen and oxygen atoms in total. The molecule has 0 aromatic heterocycles. The summed E-state index contributed by atoms with van der Waals surface area (Å²) in [4.78, 5) is 28.5. The van der Waals surface area contributed by atoms with Crippen molar-refractivity contribution in [3.63, 3.8) is 0 Å². The predicted octanol–water partition coefficient (Wildman–Crippen LogP) is 2.70. The van der Waals surface area contributed by atoms with Crippen LogP contribution in [0.3, 0.4) is 0 Å². The van der Waals surface area contributed by atoms with Crippen LogP contribution < -0.4 is 5.32 Å². The monoisotopic (exact) mass is 432 g/mol. The molecular weight excluding hydrogens is 404 g/mol. The SMILES string of the molecule is CCOC(=O)c1ccc(CN/C=C(/C#N)C(=O)N2CCN(Cc3ccccc3)CC2)cc1. The summed E-state index contributed by atoms with van der Waals surface area (Å²) in [5, 5.41) is 12.5. The number of hydrogen-bond donors (Lipinski definition) is 1. The summed E-state index contributed by atoms with van der Waals surface area (Å²) in [7, 11) is 0. The van der Waals surface area contributed by atoms with Crippen LogP contribution in [0.2, 0.25) is 0 Å². The van der Waals surface area contributed by atoms with Crippen molar-refractivity contribution < 1.29 is 14.3 Å². The molecule has 0 atom stereocenters. The van der Waals surface area contributed by atoms with E-state index in [1.165, 1.54) is 11.8 Å². The maximum atomic E-state index is 12.7. The van der Waals surface area contributed by atoms with Crippen molar-refractivity contribution >= 4 is 11.9 Å². The number of nitriles is 1. The Hall–Kier alpha value is -3.63. The van der Waals surface area contributed by atoms with Gasteiger partial charge in [0.25, 0.3) is 5.91 Å². The van der Waals surface area contributed by atoms with Crippen LogP contribution >= 0.6 is 0 Å². The number of nitrogens with one attached hydrogen (secondary N) is 1. The van der Waals surface area contributed by atoms with E-state index in [9.17, 15) is 14.9 Å². The number of hydrogen-bond acceptors (Lipinski definition) is 6. The second-order valence-electron chi connectivity index (χ2n) is 7.52. The Labute approximate surface area is 188 Å². The van der Waals surface area contributed by atoms with Crippen LogP contribution in [-0.2, 0) is 22.6 Å². The van der Waals surface area contributed by atoms with Crippen molar-refractivity contribution in [1.29, 1.82) is 5.26 Å². The fourth-order valence-corrected chi connectivity index (χ4v) is 3.51. The highest BCUT2D eigenvalue weighted by atomic mass is 16.5. The molecule has 7 heteroatoms. The van der Waals surface area contributed by atoms with Crippen LogP contribution in [0.15, 0.2) is 66.4 Å². The van der Waals surface area contributed by atoms with Gasteiger partial charge in [-0.1, -0.05) is 42.5 Å². The lowest BCUT2D eigenvalue weighted by Gasteiger charge is -2.34. The topological polar surface area (TPSA) is 85.7 Å². The normalized spacial score (nSPS) is 14.5. The molecule has 1 saturated heterocycles. The molecule has 0 saturated carbocycles. The maximum absolute atomic E-state index is 12.7. The number of benzene rings is 2. The van der Waals surface area contributed by atoms with Crippen LogP contribution in [0.5, 0.6) is 0 Å². The third kappa shape index (κ3) is 6.43. The van der Waals surface area contributed by atoms with Crippen molar-refractivity contribution in [3.05, 3.63) is 83.1 Å². The maximum Gasteiger partial charge on any atom is 0.338 e. The number of nitrogens with zero attached hydrogens (tertiary/aromatic N) is 3. The Balaban J connectivity index is 1.48. The summed E-state index contributed by atoms with van der Waals surface area (Å²) in [6, 6.07) is 19.3. The third-order valence-corrected chi connectivity index (χ3v) is 5.28. The van der Waals surface area contributed by atoms with Gasteiger partial charge in [0.05, 0.1) is 12.2 Å². The quantitative estimate of drug-likeness (QED) is 0.392. The van der Waals surface area contributed by atoms with Crippen LogP contribution in [0.1, 0.15) is 28.4 Å². The van der Waals surface area contributed by atoms with Crippen LogP contribution in [0.4, 0.5) is 0 Å². The van der Waals surface area contributed by atoms with Gasteiger partial charge in [-0.2, -0.15) is 5.26 Å². The second-order valence-corrected chi connectivity index (χ2v) is 7.52. The number of amides is 1. The number of esters is 1. The summed E-state index contributed by atoms with van der Waals surface area (Å²) in [6.07, 6.45) is 1.47. The van der Waals surface area contributed by atoms with Gasteiger partial charge in [0, 0.05) is 45.5 Å². The average Bonchev–Trinajstić information content (AvgIpc) is 2.83. The molecule has 1 aliphatic rings. The fourth-order valence-electron chi connectivity index (χ4n) is 3.51. The molecular formula is C25H28N4O3. The van der Waals surface area contributed by atoms with E-state index in [0.29, 0.717) is 31.8 Å². The first-order chi connectivity index (χ1) is 15.6. The molecule has 2 aromatic rings. The summed E-state index contributed by atoms with van der Waals surface area (Å²) >= 11 is 0. The molecule has 0 bridgehead atoms. The Morgan fingerprint density at radius 2 is 1.72 bits per heavy atom. The summed E-state index contributed by atoms with van der Waals surface area (Å²) in [5.41, 5.74) is 2.76. The number of carbonyl (C=O) groups is 2. The predicted molar refractivity (Wildman–Crippen MR) is 121 cm³/mol. The van der Waals surface area contributed by atoms with Gasteiger partial charge in [-0.25, -0.2) is 4.79 Å². The smallest absolute Gasteiger partial charge is 0.338 e. The molecule has 1 aliphatic heterocycles. The lowest BCUT2D eigenvalue weighted by molar-refractivity contribution is -0.128. The largest absolute Gasteiger partial charge is 0.462 e. The fraction of sp³-hybridized carbons (Fsp3) is 0.320. The Morgan fingerprint density at radius 1 is 1.03 bits per heavy atom. The molecule has 3 rings (SSSR count). The van der Waals surface area contributed by atoms with E-state index >= 15 is 0 Å². The third-order valence-electron chi connectivity index (χ3n) is 5.28. The highest BCUT2D eigenvalue weighted by Gasteiger charge is 2.23. The van der Waals surface area contributed by atoms with Crippen molar-refractivity contribution in [3.8, 4) is 6.07 Å². The molecule has 1 fully saturated rings. The van der Waals surface area contributed by atoms with E-state index in [-0.39, 0.29) is 17.4 Å². The minimum Gasteiger partial charge on any atom is -0.462 e. The molecule has 0 unspecified atom stereocenters. The van der Waals surface area contributed by atoms with Gasteiger partial charge in [0.15, 0.2) is 0 Å². The van der Waals surface area contributed by atoms with Gasteiger partial charge < -0.3 is 15.0 Å². The van der Waals surface area contributed by atoms with Crippen molar-refractivity contribution in [1.82, 2.24) is 15.1 Å². The molecule has 0 radical (unpaired) electrons. The van der Waals surface area contributed by atoms with Crippen LogP contribution in [0, 0.1) is 11.3 Å². The van der Waals surface area contributed by atoms with Gasteiger partial charge >= 0.3 is 5.97 Å². The van der Waals surface area contributed by atoms with E-state index in [1.54, 1.807) is 24.0 Å². The number of ether oxygens (including phenoxy) is 1. The highest BCUT2D eigenvalue weighted by Crippen LogP contribution is 2.11. The molecule has 1 heterocycles. The zero-order valence-electron chi connectivity index (χ0n) is 18.3. The first-order valence-corrected chi connectivity index (χ1v) is 10.8. The average molecular weight is 433 g/mol. The van der Waals surface area contributed by atoms with E-state index in [1.807, 2.05) is 36.4 Å². The minimum absolute atomic E-state index is 0.0876. The lowest BCUT2D eigenvalue weighted by Crippen LogP contribution is -2.48. The standard InChI is InChI=1S/C25H28N4O3/c1-2-32-25(31)22-10-8-20(9-11-22)17-27-18-23(16-26)24(30)29-14-12-28(13-15-29)19-21-6-4-3-5-7-21/h3-11,18,27H,2,12-15,17,19H2,1H3/b23-18-. The number of carbonyl (C=O) groups excluding carboxylic acids is 2. The Kier molecular flexibility index (Phi) is 8.41. The summed E-state index contributed by atoms with van der Waals surface area (Å²) < 4.78 is 4.97. The highest BCUT2D eigenvalue weighted by molar-refractivity contribution is 5.97. The van der Waals surface area contributed by atoms with Gasteiger partial charge in [0.2, 0.25) is 0 Å². The van der Waals surface area contributed by atoms with E-state index in [4.69, 9.17) is 4.74 Å². The summed E-state index contributed by atoms with van der Waals surface area (Å²) in [6.45, 7) is 6.15. The lowest BCUT2D eigenvalue weighted by atomic mass is 10.1. The van der Waals surface area contributed by atoms with Crippen molar-refractivity contribution in [2.24, 2.45) is 0 Å². The molecule has 32 heavy (non-hydrogen) atoms. The van der Waals surface area contributed by atoms with E-state index in [2.05, 4.69) is 22.3 Å². The van der Waals surface area contributed by atoms with Crippen molar-refractivity contribution in [2.45, 2.75) is 20.0 Å². The molecule has 166 valence electrons. The Morgan fingerprint density at radius 3 is 2.34 bits per heavy atom. The zero-order chi connectivity index (χ0) is 22.8. The Bertz CT molecular complexity index is 972. The van der Waals surface area contributed by atoms with Crippen LogP contribution in [0.25, 0.3) is 0 Å². The number of rotatable bonds is 8. The summed E-state index contributed by atoms with van der Waals surface area (Å²) in [5.74, 6) is -0.606. The van der Waals surface area contributed by atoms with Crippen molar-refractivity contribution in [2.75, 3.05) is 32.8 Å². The first-order valence-electron chi connectivity index (χ1n) is 10.8. The second kappa shape index (κ2) is 11.7. The van der Waals surface area contributed by atoms with Gasteiger partial charge in [-0.05, 0) is 30.2 Å². The van der Waals surface area contributed by atoms with E-state index in [0.717, 1.165) is 25.2 Å². The zero-order valence-corrected chi connectivity index (χ0v) is 18.3.